The van der Waals surface area contributed by atoms with Crippen LogP contribution in [-0.4, -0.2) is 21.6 Å². The second kappa shape index (κ2) is 4.56. The molecule has 2 rings (SSSR count). The van der Waals surface area contributed by atoms with Crippen molar-refractivity contribution in [2.24, 2.45) is 18.5 Å². The maximum Gasteiger partial charge on any atom is 0.250 e. The van der Waals surface area contributed by atoms with E-state index in [4.69, 9.17) is 11.5 Å². The molecule has 6 heteroatoms. The van der Waals surface area contributed by atoms with Crippen LogP contribution in [0.15, 0.2) is 24.4 Å². The normalized spacial score (nSPS) is 10.4. The number of nitrogens with zero attached hydrogens (tertiary/aromatic N) is 2. The molecular formula is C13H14N4O2. The Morgan fingerprint density at radius 1 is 1.16 bits per heavy atom. The number of hydrogen-bond donors (Lipinski definition) is 2. The quantitative estimate of drug-likeness (QED) is 0.841. The fourth-order valence-electron chi connectivity index (χ4n) is 2.11. The van der Waals surface area contributed by atoms with Crippen LogP contribution in [0.4, 0.5) is 0 Å². The number of rotatable bonds is 3. The number of amides is 2. The molecule has 0 saturated carbocycles. The first kappa shape index (κ1) is 12.8. The van der Waals surface area contributed by atoms with Gasteiger partial charge in [0, 0.05) is 18.8 Å². The maximum absolute atomic E-state index is 11.6. The van der Waals surface area contributed by atoms with E-state index >= 15 is 0 Å². The van der Waals surface area contributed by atoms with Gasteiger partial charge in [-0.2, -0.15) is 5.10 Å². The molecule has 98 valence electrons. The van der Waals surface area contributed by atoms with Gasteiger partial charge in [0.1, 0.15) is 0 Å². The van der Waals surface area contributed by atoms with Gasteiger partial charge in [-0.15, -0.1) is 0 Å². The molecule has 1 aromatic carbocycles. The highest BCUT2D eigenvalue weighted by molar-refractivity contribution is 6.10. The Labute approximate surface area is 110 Å². The molecule has 0 fully saturated rings. The molecule has 0 saturated heterocycles. The van der Waals surface area contributed by atoms with Crippen molar-refractivity contribution in [2.75, 3.05) is 0 Å². The summed E-state index contributed by atoms with van der Waals surface area (Å²) in [7, 11) is 1.78. The zero-order chi connectivity index (χ0) is 14.2. The van der Waals surface area contributed by atoms with Crippen molar-refractivity contribution in [1.29, 1.82) is 0 Å². The first-order chi connectivity index (χ1) is 8.91. The molecule has 1 heterocycles. The molecule has 4 N–H and O–H groups in total. The van der Waals surface area contributed by atoms with E-state index in [1.54, 1.807) is 30.1 Å². The number of primary amides is 2. The van der Waals surface area contributed by atoms with Gasteiger partial charge in [-0.1, -0.05) is 12.1 Å². The molecule has 0 aliphatic carbocycles. The van der Waals surface area contributed by atoms with Crippen LogP contribution in [0.2, 0.25) is 0 Å². The van der Waals surface area contributed by atoms with Gasteiger partial charge in [-0.05, 0) is 18.6 Å². The third kappa shape index (κ3) is 2.20. The lowest BCUT2D eigenvalue weighted by Crippen LogP contribution is -2.21. The minimum absolute atomic E-state index is 0.119. The Morgan fingerprint density at radius 3 is 2.32 bits per heavy atom. The summed E-state index contributed by atoms with van der Waals surface area (Å²) in [6.07, 6.45) is 1.77. The molecular weight excluding hydrogens is 244 g/mol. The Morgan fingerprint density at radius 2 is 1.84 bits per heavy atom. The fourth-order valence-corrected chi connectivity index (χ4v) is 2.11. The Bertz CT molecular complexity index is 673. The maximum atomic E-state index is 11.6. The lowest BCUT2D eigenvalue weighted by molar-refractivity contribution is 0.0968. The summed E-state index contributed by atoms with van der Waals surface area (Å²) < 4.78 is 1.63. The van der Waals surface area contributed by atoms with Crippen LogP contribution < -0.4 is 11.5 Å². The Kier molecular flexibility index (Phi) is 3.08. The van der Waals surface area contributed by atoms with E-state index in [-0.39, 0.29) is 11.1 Å². The first-order valence-electron chi connectivity index (χ1n) is 5.65. The zero-order valence-electron chi connectivity index (χ0n) is 10.7. The summed E-state index contributed by atoms with van der Waals surface area (Å²) in [5, 5.41) is 4.21. The smallest absolute Gasteiger partial charge is 0.250 e. The Hall–Kier alpha value is -2.63. The van der Waals surface area contributed by atoms with Crippen molar-refractivity contribution < 1.29 is 9.59 Å². The van der Waals surface area contributed by atoms with E-state index in [0.29, 0.717) is 5.56 Å². The van der Waals surface area contributed by atoms with Crippen molar-refractivity contribution in [3.63, 3.8) is 0 Å². The summed E-state index contributed by atoms with van der Waals surface area (Å²) in [6, 6.07) is 4.86. The summed E-state index contributed by atoms with van der Waals surface area (Å²) >= 11 is 0. The number of benzene rings is 1. The summed E-state index contributed by atoms with van der Waals surface area (Å²) in [5.74, 6) is -1.37. The highest BCUT2D eigenvalue weighted by atomic mass is 16.2. The second-order valence-corrected chi connectivity index (χ2v) is 4.26. The minimum Gasteiger partial charge on any atom is -0.366 e. The highest BCUT2D eigenvalue weighted by Crippen LogP contribution is 2.28. The van der Waals surface area contributed by atoms with Crippen LogP contribution >= 0.6 is 0 Å². The monoisotopic (exact) mass is 258 g/mol. The average molecular weight is 258 g/mol. The number of hydrogen-bond acceptors (Lipinski definition) is 3. The summed E-state index contributed by atoms with van der Waals surface area (Å²) in [5.41, 5.74) is 13.0. The van der Waals surface area contributed by atoms with Gasteiger partial charge in [0.25, 0.3) is 0 Å². The van der Waals surface area contributed by atoms with Crippen LogP contribution in [0.5, 0.6) is 0 Å². The van der Waals surface area contributed by atoms with Gasteiger partial charge in [-0.3, -0.25) is 14.3 Å². The van der Waals surface area contributed by atoms with Crippen LogP contribution in [0.1, 0.15) is 26.4 Å². The number of carbonyl (C=O) groups is 2. The standard InChI is InChI=1S/C13H14N4O2/c1-7-10(6-17(2)16-7)8-4-3-5-9(12(14)18)11(8)13(15)19/h3-6H,1-2H3,(H2,14,18)(H2,15,19). The Balaban J connectivity index is 2.77. The van der Waals surface area contributed by atoms with Gasteiger partial charge in [0.15, 0.2) is 0 Å². The molecule has 0 aliphatic heterocycles. The van der Waals surface area contributed by atoms with E-state index in [9.17, 15) is 9.59 Å². The summed E-state index contributed by atoms with van der Waals surface area (Å²) in [4.78, 5) is 23.0. The number of nitrogens with two attached hydrogens (primary N) is 2. The van der Waals surface area contributed by atoms with Crippen LogP contribution in [0, 0.1) is 6.92 Å². The molecule has 2 aromatic rings. The van der Waals surface area contributed by atoms with Crippen molar-refractivity contribution in [1.82, 2.24) is 9.78 Å². The van der Waals surface area contributed by atoms with Crippen molar-refractivity contribution in [3.8, 4) is 11.1 Å². The predicted octanol–water partition coefficient (Wildman–Crippen LogP) is 0.593. The molecule has 6 nitrogen and oxygen atoms in total. The summed E-state index contributed by atoms with van der Waals surface area (Å²) in [6.45, 7) is 1.82. The van der Waals surface area contributed by atoms with Crippen molar-refractivity contribution in [2.45, 2.75) is 6.92 Å². The second-order valence-electron chi connectivity index (χ2n) is 4.26. The molecule has 0 atom stereocenters. The van der Waals surface area contributed by atoms with Gasteiger partial charge in [-0.25, -0.2) is 0 Å². The van der Waals surface area contributed by atoms with E-state index in [1.165, 1.54) is 6.07 Å². The zero-order valence-corrected chi connectivity index (χ0v) is 10.7. The lowest BCUT2D eigenvalue weighted by atomic mass is 9.95. The number of carbonyl (C=O) groups excluding carboxylic acids is 2. The molecule has 1 aromatic heterocycles. The number of aryl methyl sites for hydroxylation is 2. The predicted molar refractivity (Wildman–Crippen MR) is 70.4 cm³/mol. The van der Waals surface area contributed by atoms with Crippen LogP contribution in [0.25, 0.3) is 11.1 Å². The third-order valence-electron chi connectivity index (χ3n) is 2.88. The van der Waals surface area contributed by atoms with Gasteiger partial charge in [0.05, 0.1) is 16.8 Å². The average Bonchev–Trinajstić information content (AvgIpc) is 2.67. The minimum atomic E-state index is -0.687. The SMILES string of the molecule is Cc1nn(C)cc1-c1cccc(C(N)=O)c1C(N)=O. The highest BCUT2D eigenvalue weighted by Gasteiger charge is 2.20. The largest absolute Gasteiger partial charge is 0.366 e. The lowest BCUT2D eigenvalue weighted by Gasteiger charge is -2.09. The molecule has 2 amide bonds. The number of aromatic nitrogens is 2. The molecule has 0 radical (unpaired) electrons. The molecule has 0 aliphatic rings. The topological polar surface area (TPSA) is 104 Å². The van der Waals surface area contributed by atoms with Crippen LogP contribution in [0.3, 0.4) is 0 Å². The molecule has 0 unspecified atom stereocenters. The van der Waals surface area contributed by atoms with Gasteiger partial charge < -0.3 is 11.5 Å². The van der Waals surface area contributed by atoms with Crippen molar-refractivity contribution >= 4 is 11.8 Å². The fraction of sp³-hybridized carbons (Fsp3) is 0.154. The van der Waals surface area contributed by atoms with Gasteiger partial charge in [0.2, 0.25) is 11.8 Å². The third-order valence-corrected chi connectivity index (χ3v) is 2.88. The molecule has 0 spiro atoms. The molecule has 19 heavy (non-hydrogen) atoms. The van der Waals surface area contributed by atoms with E-state index in [0.717, 1.165) is 11.3 Å². The van der Waals surface area contributed by atoms with E-state index < -0.39 is 11.8 Å². The first-order valence-corrected chi connectivity index (χ1v) is 5.65. The van der Waals surface area contributed by atoms with Gasteiger partial charge >= 0.3 is 0 Å². The molecule has 0 bridgehead atoms. The van der Waals surface area contributed by atoms with Crippen LogP contribution in [-0.2, 0) is 7.05 Å². The van der Waals surface area contributed by atoms with E-state index in [1.807, 2.05) is 6.92 Å². The van der Waals surface area contributed by atoms with E-state index in [2.05, 4.69) is 5.10 Å². The van der Waals surface area contributed by atoms with Crippen molar-refractivity contribution in [3.05, 3.63) is 41.2 Å².